The van der Waals surface area contributed by atoms with E-state index in [-0.39, 0.29) is 54.1 Å². The molecule has 0 aromatic heterocycles. The number of likely N-dealkylation sites (tertiary alicyclic amines) is 1. The summed E-state index contributed by atoms with van der Waals surface area (Å²) < 4.78 is 19.7. The number of halogens is 1. The van der Waals surface area contributed by atoms with Crippen molar-refractivity contribution in [2.75, 3.05) is 57.4 Å². The van der Waals surface area contributed by atoms with E-state index in [0.717, 1.165) is 54.7 Å². The van der Waals surface area contributed by atoms with E-state index in [1.54, 1.807) is 4.90 Å². The Balaban J connectivity index is 1.07. The van der Waals surface area contributed by atoms with Crippen LogP contribution in [0.1, 0.15) is 49.7 Å². The third-order valence-corrected chi connectivity index (χ3v) is 10.0. The highest BCUT2D eigenvalue weighted by molar-refractivity contribution is 6.44. The fourth-order valence-corrected chi connectivity index (χ4v) is 7.18. The number of allylic oxidation sites excluding steroid dienone is 1. The number of benzene rings is 1. The molecule has 222 valence electrons. The Morgan fingerprint density at radius 2 is 1.90 bits per heavy atom. The maximum absolute atomic E-state index is 14.0. The first-order valence-electron chi connectivity index (χ1n) is 15.1. The van der Waals surface area contributed by atoms with Crippen LogP contribution in [0.4, 0.5) is 10.1 Å². The number of carbonyl (C=O) groups is 2. The van der Waals surface area contributed by atoms with Crippen molar-refractivity contribution in [1.29, 1.82) is 5.41 Å². The van der Waals surface area contributed by atoms with Gasteiger partial charge in [-0.2, -0.15) is 0 Å². The minimum atomic E-state index is -0.238. The van der Waals surface area contributed by atoms with Crippen LogP contribution in [-0.2, 0) is 14.3 Å². The topological polar surface area (TPSA) is 109 Å². The second kappa shape index (κ2) is 11.0. The van der Waals surface area contributed by atoms with Gasteiger partial charge in [-0.05, 0) is 87.5 Å². The molecule has 3 aliphatic carbocycles. The van der Waals surface area contributed by atoms with Gasteiger partial charge in [0.25, 0.3) is 5.91 Å². The molecule has 6 rings (SSSR count). The lowest BCUT2D eigenvalue weighted by Crippen LogP contribution is -2.58. The Morgan fingerprint density at radius 3 is 2.61 bits per heavy atom. The number of amides is 2. The first-order valence-corrected chi connectivity index (χ1v) is 15.1. The quantitative estimate of drug-likeness (QED) is 0.396. The van der Waals surface area contributed by atoms with E-state index in [1.165, 1.54) is 6.07 Å². The molecule has 1 aromatic carbocycles. The molecule has 2 atom stereocenters. The van der Waals surface area contributed by atoms with Gasteiger partial charge in [0, 0.05) is 49.7 Å². The van der Waals surface area contributed by atoms with Gasteiger partial charge in [0.15, 0.2) is 0 Å². The third-order valence-electron chi connectivity index (χ3n) is 10.0. The molecular weight excluding hydrogens is 525 g/mol. The molecule has 0 radical (unpaired) electrons. The summed E-state index contributed by atoms with van der Waals surface area (Å²) in [6, 6.07) is 3.39. The van der Waals surface area contributed by atoms with Crippen LogP contribution in [0.15, 0.2) is 23.4 Å². The predicted molar refractivity (Wildman–Crippen MR) is 153 cm³/mol. The largest absolute Gasteiger partial charge is 0.394 e. The standard InChI is InChI=1S/C31H42FN5O4/c1-19-20(2)26(4-3-24(19)32)36-11-12-37(31(18-36)7-8-31)27(39)17-34-25-16-21-15-23(21)28(25)29(33)30(40)35-9-5-22(6-10-35)41-14-13-38/h3-4,21-23,33-34,38H,5-18H2,1-2H3/t21-,23?/m1/s1. The average molecular weight is 568 g/mol. The number of ether oxygens (including phenoxy) is 1. The average Bonchev–Trinajstić information content (AvgIpc) is 3.90. The zero-order valence-electron chi connectivity index (χ0n) is 24.2. The van der Waals surface area contributed by atoms with Crippen molar-refractivity contribution in [3.05, 3.63) is 40.3 Å². The molecular formula is C31H42FN5O4. The summed E-state index contributed by atoms with van der Waals surface area (Å²) >= 11 is 0. The molecule has 2 amide bonds. The van der Waals surface area contributed by atoms with Crippen LogP contribution in [-0.4, -0.2) is 96.6 Å². The zero-order chi connectivity index (χ0) is 28.9. The molecule has 10 heteroatoms. The number of nitrogens with zero attached hydrogens (tertiary/aromatic N) is 3. The number of aliphatic hydroxyl groups excluding tert-OH is 1. The van der Waals surface area contributed by atoms with E-state index in [0.29, 0.717) is 57.1 Å². The number of anilines is 1. The lowest BCUT2D eigenvalue weighted by atomic mass is 10.0. The van der Waals surface area contributed by atoms with E-state index in [1.807, 2.05) is 24.8 Å². The molecule has 2 saturated carbocycles. The number of nitrogens with one attached hydrogen (secondary N) is 2. The van der Waals surface area contributed by atoms with Crippen molar-refractivity contribution in [3.63, 3.8) is 0 Å². The Bertz CT molecular complexity index is 1270. The molecule has 2 heterocycles. The number of fused-ring (bicyclic) bond motifs is 1. The van der Waals surface area contributed by atoms with Crippen LogP contribution >= 0.6 is 0 Å². The molecule has 4 fully saturated rings. The summed E-state index contributed by atoms with van der Waals surface area (Å²) in [4.78, 5) is 32.8. The normalized spacial score (nSPS) is 25.0. The maximum Gasteiger partial charge on any atom is 0.272 e. The van der Waals surface area contributed by atoms with Crippen LogP contribution in [0.25, 0.3) is 0 Å². The summed E-state index contributed by atoms with van der Waals surface area (Å²) in [6.45, 7) is 7.42. The number of hydrogen-bond acceptors (Lipinski definition) is 7. The summed E-state index contributed by atoms with van der Waals surface area (Å²) in [6.07, 6.45) is 5.19. The Labute approximate surface area is 241 Å². The second-order valence-electron chi connectivity index (χ2n) is 12.5. The highest BCUT2D eigenvalue weighted by Crippen LogP contribution is 2.54. The van der Waals surface area contributed by atoms with Gasteiger partial charge in [0.2, 0.25) is 5.91 Å². The van der Waals surface area contributed by atoms with E-state index in [2.05, 4.69) is 10.2 Å². The van der Waals surface area contributed by atoms with E-state index in [9.17, 15) is 14.0 Å². The van der Waals surface area contributed by atoms with Crippen molar-refractivity contribution < 1.29 is 23.8 Å². The molecule has 2 aliphatic heterocycles. The first-order chi connectivity index (χ1) is 19.7. The molecule has 1 unspecified atom stereocenters. The molecule has 1 aromatic rings. The SMILES string of the molecule is Cc1c(F)ccc(N2CCN(C(=O)CNC3=C(C(=N)C(=O)N4CCC(OCCO)CC4)C4C[C@@H]4C3)C3(CC3)C2)c1C. The lowest BCUT2D eigenvalue weighted by molar-refractivity contribution is -0.133. The summed E-state index contributed by atoms with van der Waals surface area (Å²) in [5.41, 5.74) is 4.27. The molecule has 1 spiro atoms. The van der Waals surface area contributed by atoms with Crippen molar-refractivity contribution in [1.82, 2.24) is 15.1 Å². The van der Waals surface area contributed by atoms with E-state index in [4.69, 9.17) is 15.3 Å². The van der Waals surface area contributed by atoms with E-state index < -0.39 is 0 Å². The first kappa shape index (κ1) is 28.2. The number of rotatable bonds is 9. The van der Waals surface area contributed by atoms with Crippen LogP contribution < -0.4 is 10.2 Å². The lowest BCUT2D eigenvalue weighted by Gasteiger charge is -2.44. The number of piperazine rings is 1. The van der Waals surface area contributed by atoms with Gasteiger partial charge in [-0.1, -0.05) is 0 Å². The Kier molecular flexibility index (Phi) is 7.57. The summed E-state index contributed by atoms with van der Waals surface area (Å²) in [5.74, 6) is 0.348. The highest BCUT2D eigenvalue weighted by Gasteiger charge is 2.54. The van der Waals surface area contributed by atoms with Crippen LogP contribution in [0, 0.1) is 36.9 Å². The number of aliphatic hydroxyl groups is 1. The molecule has 2 saturated heterocycles. The minimum Gasteiger partial charge on any atom is -0.394 e. The molecule has 41 heavy (non-hydrogen) atoms. The smallest absolute Gasteiger partial charge is 0.272 e. The zero-order valence-corrected chi connectivity index (χ0v) is 24.2. The van der Waals surface area contributed by atoms with Crippen LogP contribution in [0.5, 0.6) is 0 Å². The monoisotopic (exact) mass is 567 g/mol. The van der Waals surface area contributed by atoms with Gasteiger partial charge in [-0.25, -0.2) is 4.39 Å². The van der Waals surface area contributed by atoms with Crippen LogP contribution in [0.2, 0.25) is 0 Å². The maximum atomic E-state index is 14.0. The molecule has 3 N–H and O–H groups in total. The third kappa shape index (κ3) is 5.36. The molecule has 0 bridgehead atoms. The van der Waals surface area contributed by atoms with E-state index >= 15 is 0 Å². The van der Waals surface area contributed by atoms with Gasteiger partial charge in [-0.3, -0.25) is 15.0 Å². The second-order valence-corrected chi connectivity index (χ2v) is 12.5. The van der Waals surface area contributed by atoms with Crippen LogP contribution in [0.3, 0.4) is 0 Å². The van der Waals surface area contributed by atoms with Crippen molar-refractivity contribution in [2.45, 2.75) is 64.0 Å². The van der Waals surface area contributed by atoms with Gasteiger partial charge in [-0.15, -0.1) is 0 Å². The van der Waals surface area contributed by atoms with Crippen molar-refractivity contribution in [2.24, 2.45) is 11.8 Å². The number of hydrogen-bond donors (Lipinski definition) is 3. The predicted octanol–water partition coefficient (Wildman–Crippen LogP) is 2.53. The molecule has 9 nitrogen and oxygen atoms in total. The van der Waals surface area contributed by atoms with Crippen molar-refractivity contribution >= 4 is 23.2 Å². The Morgan fingerprint density at radius 1 is 1.15 bits per heavy atom. The fraction of sp³-hybridized carbons (Fsp3) is 0.645. The van der Waals surface area contributed by atoms with Gasteiger partial charge in [0.05, 0.1) is 31.4 Å². The van der Waals surface area contributed by atoms with Gasteiger partial charge >= 0.3 is 0 Å². The summed E-state index contributed by atoms with van der Waals surface area (Å²) in [7, 11) is 0. The Hall–Kier alpha value is -2.98. The van der Waals surface area contributed by atoms with Crippen molar-refractivity contribution in [3.8, 4) is 0 Å². The van der Waals surface area contributed by atoms with Gasteiger partial charge < -0.3 is 29.9 Å². The number of carbonyl (C=O) groups excluding carboxylic acids is 2. The summed E-state index contributed by atoms with van der Waals surface area (Å²) in [5, 5.41) is 21.2. The minimum absolute atomic E-state index is 0.00855. The van der Waals surface area contributed by atoms with Gasteiger partial charge in [0.1, 0.15) is 11.5 Å². The molecule has 5 aliphatic rings. The fourth-order valence-electron chi connectivity index (χ4n) is 7.18. The number of piperidine rings is 1. The highest BCUT2D eigenvalue weighted by atomic mass is 19.1.